The first-order valence-electron chi connectivity index (χ1n) is 5.13. The predicted molar refractivity (Wildman–Crippen MR) is 73.5 cm³/mol. The maximum Gasteiger partial charge on any atom is 0.229 e. The molecular formula is C11H10Cl2N2OS. The van der Waals surface area contributed by atoms with Crippen molar-refractivity contribution >= 4 is 52.1 Å². The van der Waals surface area contributed by atoms with Gasteiger partial charge in [-0.15, -0.1) is 0 Å². The number of nitrogens with one attached hydrogen (secondary N) is 2. The highest BCUT2D eigenvalue weighted by Crippen LogP contribution is 2.29. The molecule has 0 bridgehead atoms. The highest BCUT2D eigenvalue weighted by Gasteiger charge is 2.30. The molecular weight excluding hydrogens is 279 g/mol. The molecule has 0 aromatic heterocycles. The molecule has 6 heteroatoms. The number of carbonyl (C=O) groups is 1. The average Bonchev–Trinajstić information content (AvgIpc) is 3.06. The molecule has 17 heavy (non-hydrogen) atoms. The van der Waals surface area contributed by atoms with Gasteiger partial charge in [0, 0.05) is 10.9 Å². The zero-order chi connectivity index (χ0) is 12.4. The van der Waals surface area contributed by atoms with E-state index in [1.54, 1.807) is 18.2 Å². The van der Waals surface area contributed by atoms with Gasteiger partial charge in [0.25, 0.3) is 0 Å². The molecule has 1 aromatic rings. The zero-order valence-electron chi connectivity index (χ0n) is 8.80. The van der Waals surface area contributed by atoms with E-state index in [1.807, 2.05) is 0 Å². The lowest BCUT2D eigenvalue weighted by Crippen LogP contribution is -2.35. The summed E-state index contributed by atoms with van der Waals surface area (Å²) in [6.07, 6.45) is 1.87. The fourth-order valence-corrected chi connectivity index (χ4v) is 1.85. The number of halogens is 2. The third-order valence-electron chi connectivity index (χ3n) is 2.36. The monoisotopic (exact) mass is 288 g/mol. The number of thiocarbonyl (C=S) groups is 1. The van der Waals surface area contributed by atoms with Crippen LogP contribution in [0.15, 0.2) is 18.2 Å². The summed E-state index contributed by atoms with van der Waals surface area (Å²) in [5, 5.41) is 6.75. The van der Waals surface area contributed by atoms with Crippen molar-refractivity contribution in [3.63, 3.8) is 0 Å². The second-order valence-corrected chi connectivity index (χ2v) is 5.09. The number of rotatable bonds is 2. The summed E-state index contributed by atoms with van der Waals surface area (Å²) < 4.78 is 0. The van der Waals surface area contributed by atoms with Gasteiger partial charge in [0.05, 0.1) is 10.7 Å². The van der Waals surface area contributed by atoms with E-state index in [9.17, 15) is 4.79 Å². The first kappa shape index (κ1) is 12.6. The summed E-state index contributed by atoms with van der Waals surface area (Å²) >= 11 is 16.8. The Hall–Kier alpha value is -0.840. The standard InChI is InChI=1S/C11H10Cl2N2OS/c12-7-3-4-8(13)9(5-7)14-11(17)15-10(16)6-1-2-6/h3-6H,1-2H2,(H2,14,15,16,17). The lowest BCUT2D eigenvalue weighted by molar-refractivity contribution is -0.120. The molecule has 1 aliphatic rings. The van der Waals surface area contributed by atoms with Crippen LogP contribution in [0, 0.1) is 5.92 Å². The second kappa shape index (κ2) is 5.21. The van der Waals surface area contributed by atoms with Crippen LogP contribution in [-0.4, -0.2) is 11.0 Å². The number of hydrogen-bond donors (Lipinski definition) is 2. The Bertz CT molecular complexity index is 475. The van der Waals surface area contributed by atoms with Gasteiger partial charge in [0.15, 0.2) is 5.11 Å². The Morgan fingerprint density at radius 1 is 1.35 bits per heavy atom. The SMILES string of the molecule is O=C(NC(=S)Nc1cc(Cl)ccc1Cl)C1CC1. The smallest absolute Gasteiger partial charge is 0.229 e. The van der Waals surface area contributed by atoms with Gasteiger partial charge in [-0.3, -0.25) is 4.79 Å². The summed E-state index contributed by atoms with van der Waals surface area (Å²) in [5.74, 6) is 0.0743. The lowest BCUT2D eigenvalue weighted by atomic mass is 10.3. The Morgan fingerprint density at radius 3 is 2.71 bits per heavy atom. The van der Waals surface area contributed by atoms with Crippen LogP contribution in [0.1, 0.15) is 12.8 Å². The molecule has 0 saturated heterocycles. The summed E-state index contributed by atoms with van der Waals surface area (Å²) in [4.78, 5) is 11.5. The highest BCUT2D eigenvalue weighted by atomic mass is 35.5. The molecule has 0 radical (unpaired) electrons. The molecule has 2 N–H and O–H groups in total. The molecule has 1 aromatic carbocycles. The van der Waals surface area contributed by atoms with Crippen LogP contribution >= 0.6 is 35.4 Å². The van der Waals surface area contributed by atoms with Gasteiger partial charge >= 0.3 is 0 Å². The average molecular weight is 289 g/mol. The van der Waals surface area contributed by atoms with Crippen LogP contribution < -0.4 is 10.6 Å². The van der Waals surface area contributed by atoms with Crippen molar-refractivity contribution in [3.8, 4) is 0 Å². The molecule has 0 atom stereocenters. The van der Waals surface area contributed by atoms with Crippen molar-refractivity contribution in [2.24, 2.45) is 5.92 Å². The topological polar surface area (TPSA) is 41.1 Å². The Labute approximate surface area is 114 Å². The maximum atomic E-state index is 11.5. The van der Waals surface area contributed by atoms with Crippen molar-refractivity contribution < 1.29 is 4.79 Å². The molecule has 1 fully saturated rings. The molecule has 3 nitrogen and oxygen atoms in total. The normalized spacial score (nSPS) is 14.2. The first-order valence-corrected chi connectivity index (χ1v) is 6.29. The van der Waals surface area contributed by atoms with E-state index in [4.69, 9.17) is 35.4 Å². The molecule has 0 heterocycles. The van der Waals surface area contributed by atoms with E-state index in [-0.39, 0.29) is 16.9 Å². The second-order valence-electron chi connectivity index (χ2n) is 3.84. The van der Waals surface area contributed by atoms with Gasteiger partial charge in [0.1, 0.15) is 0 Å². The van der Waals surface area contributed by atoms with Gasteiger partial charge in [-0.05, 0) is 43.3 Å². The maximum absolute atomic E-state index is 11.5. The molecule has 1 aliphatic carbocycles. The summed E-state index contributed by atoms with van der Waals surface area (Å²) in [6.45, 7) is 0. The third-order valence-corrected chi connectivity index (χ3v) is 3.13. The minimum absolute atomic E-state index is 0.0411. The van der Waals surface area contributed by atoms with Crippen LogP contribution in [0.3, 0.4) is 0 Å². The quantitative estimate of drug-likeness (QED) is 0.821. The first-order chi connectivity index (χ1) is 8.06. The molecule has 90 valence electrons. The fourth-order valence-electron chi connectivity index (χ4n) is 1.31. The van der Waals surface area contributed by atoms with Crippen LogP contribution in [-0.2, 0) is 4.79 Å². The molecule has 0 unspecified atom stereocenters. The third kappa shape index (κ3) is 3.56. The highest BCUT2D eigenvalue weighted by molar-refractivity contribution is 7.80. The fraction of sp³-hybridized carbons (Fsp3) is 0.273. The number of benzene rings is 1. The largest absolute Gasteiger partial charge is 0.331 e. The van der Waals surface area contributed by atoms with Crippen molar-refractivity contribution in [3.05, 3.63) is 28.2 Å². The van der Waals surface area contributed by atoms with E-state index in [1.165, 1.54) is 0 Å². The molecule has 0 aliphatic heterocycles. The molecule has 1 amide bonds. The van der Waals surface area contributed by atoms with Crippen molar-refractivity contribution in [2.45, 2.75) is 12.8 Å². The Kier molecular flexibility index (Phi) is 3.86. The van der Waals surface area contributed by atoms with Gasteiger partial charge in [-0.2, -0.15) is 0 Å². The molecule has 0 spiro atoms. The van der Waals surface area contributed by atoms with Crippen molar-refractivity contribution in [1.29, 1.82) is 0 Å². The van der Waals surface area contributed by atoms with Gasteiger partial charge in [-0.1, -0.05) is 23.2 Å². The van der Waals surface area contributed by atoms with Gasteiger partial charge < -0.3 is 10.6 Å². The minimum atomic E-state index is -0.0411. The molecule has 2 rings (SSSR count). The number of anilines is 1. The summed E-state index contributed by atoms with van der Waals surface area (Å²) in [7, 11) is 0. The lowest BCUT2D eigenvalue weighted by Gasteiger charge is -2.10. The van der Waals surface area contributed by atoms with E-state index < -0.39 is 0 Å². The van der Waals surface area contributed by atoms with Crippen LogP contribution in [0.2, 0.25) is 10.0 Å². The van der Waals surface area contributed by atoms with E-state index in [0.29, 0.717) is 15.7 Å². The van der Waals surface area contributed by atoms with E-state index in [0.717, 1.165) is 12.8 Å². The van der Waals surface area contributed by atoms with E-state index in [2.05, 4.69) is 10.6 Å². The van der Waals surface area contributed by atoms with Gasteiger partial charge in [0.2, 0.25) is 5.91 Å². The summed E-state index contributed by atoms with van der Waals surface area (Å²) in [5.41, 5.74) is 0.584. The van der Waals surface area contributed by atoms with Gasteiger partial charge in [-0.25, -0.2) is 0 Å². The molecule has 1 saturated carbocycles. The van der Waals surface area contributed by atoms with E-state index >= 15 is 0 Å². The van der Waals surface area contributed by atoms with Crippen LogP contribution in [0.5, 0.6) is 0 Å². The number of amides is 1. The number of carbonyl (C=O) groups excluding carboxylic acids is 1. The van der Waals surface area contributed by atoms with Crippen LogP contribution in [0.25, 0.3) is 0 Å². The Balaban J connectivity index is 1.97. The number of hydrogen-bond acceptors (Lipinski definition) is 2. The Morgan fingerprint density at radius 2 is 2.06 bits per heavy atom. The summed E-state index contributed by atoms with van der Waals surface area (Å²) in [6, 6.07) is 5.00. The van der Waals surface area contributed by atoms with Crippen molar-refractivity contribution in [2.75, 3.05) is 5.32 Å². The zero-order valence-corrected chi connectivity index (χ0v) is 11.1. The van der Waals surface area contributed by atoms with Crippen molar-refractivity contribution in [1.82, 2.24) is 5.32 Å². The minimum Gasteiger partial charge on any atom is -0.331 e. The predicted octanol–water partition coefficient (Wildman–Crippen LogP) is 3.22. The van der Waals surface area contributed by atoms with Crippen LogP contribution in [0.4, 0.5) is 5.69 Å².